The number of halogens is 3. The van der Waals surface area contributed by atoms with Gasteiger partial charge < -0.3 is 10.2 Å². The molecule has 1 N–H and O–H groups in total. The average Bonchev–Trinajstić information content (AvgIpc) is 2.73. The summed E-state index contributed by atoms with van der Waals surface area (Å²) in [5.41, 5.74) is 1.09. The average molecular weight is 322 g/mol. The Bertz CT molecular complexity index is 425. The van der Waals surface area contributed by atoms with Crippen LogP contribution >= 0.6 is 35.6 Å². The van der Waals surface area contributed by atoms with Crippen LogP contribution in [0.5, 0.6) is 0 Å². The maximum Gasteiger partial charge on any atom is 0.0825 e. The maximum absolute atomic E-state index is 6.31. The van der Waals surface area contributed by atoms with Gasteiger partial charge in [-0.25, -0.2) is 0 Å². The quantitative estimate of drug-likeness (QED) is 0.845. The van der Waals surface area contributed by atoms with Gasteiger partial charge in [0.25, 0.3) is 0 Å². The molecule has 2 aliphatic rings. The summed E-state index contributed by atoms with van der Waals surface area (Å²) in [6.07, 6.45) is 2.50. The summed E-state index contributed by atoms with van der Waals surface area (Å²) >= 11 is 12.4. The van der Waals surface area contributed by atoms with Crippen LogP contribution in [0.4, 0.5) is 5.69 Å². The van der Waals surface area contributed by atoms with Gasteiger partial charge in [0.2, 0.25) is 0 Å². The number of fused-ring (bicyclic) bond motifs is 1. The minimum Gasteiger partial charge on any atom is -0.370 e. The first-order valence-corrected chi connectivity index (χ1v) is 7.41. The second kappa shape index (κ2) is 6.53. The van der Waals surface area contributed by atoms with E-state index in [0.717, 1.165) is 30.6 Å². The van der Waals surface area contributed by atoms with Gasteiger partial charge in [-0.15, -0.1) is 12.4 Å². The smallest absolute Gasteiger partial charge is 0.0825 e. The molecule has 0 bridgehead atoms. The number of nitrogens with one attached hydrogen (secondary N) is 1. The fourth-order valence-electron chi connectivity index (χ4n) is 3.20. The van der Waals surface area contributed by atoms with Gasteiger partial charge >= 0.3 is 0 Å². The van der Waals surface area contributed by atoms with Gasteiger partial charge in [0.05, 0.1) is 15.7 Å². The molecule has 1 aromatic rings. The summed E-state index contributed by atoms with van der Waals surface area (Å²) in [5.74, 6) is 1.68. The normalized spacial score (nSPS) is 26.5. The van der Waals surface area contributed by atoms with Crippen molar-refractivity contribution in [3.8, 4) is 0 Å². The molecule has 2 fully saturated rings. The molecule has 2 unspecified atom stereocenters. The Kier molecular flexibility index (Phi) is 5.24. The summed E-state index contributed by atoms with van der Waals surface area (Å²) in [4.78, 5) is 2.40. The van der Waals surface area contributed by atoms with Crippen LogP contribution in [-0.4, -0.2) is 26.2 Å². The van der Waals surface area contributed by atoms with Gasteiger partial charge in [-0.1, -0.05) is 29.3 Å². The monoisotopic (exact) mass is 320 g/mol. The fraction of sp³-hybridized carbons (Fsp3) is 0.571. The van der Waals surface area contributed by atoms with Crippen molar-refractivity contribution in [2.24, 2.45) is 11.8 Å². The standard InChI is InChI=1S/C14H18Cl2N2.ClH/c15-12-2-1-3-13(14(12)16)18-6-4-10-8-17-9-11(10)5-7-18;/h1-3,10-11,17H,4-9H2;1H. The zero-order valence-corrected chi connectivity index (χ0v) is 13.1. The van der Waals surface area contributed by atoms with Gasteiger partial charge in [-0.3, -0.25) is 0 Å². The summed E-state index contributed by atoms with van der Waals surface area (Å²) in [5, 5.41) is 4.85. The molecule has 1 aromatic carbocycles. The number of anilines is 1. The highest BCUT2D eigenvalue weighted by Crippen LogP contribution is 2.35. The lowest BCUT2D eigenvalue weighted by Gasteiger charge is -2.24. The van der Waals surface area contributed by atoms with Crippen LogP contribution < -0.4 is 10.2 Å². The lowest BCUT2D eigenvalue weighted by molar-refractivity contribution is 0.409. The number of nitrogens with zero attached hydrogens (tertiary/aromatic N) is 1. The molecule has 0 radical (unpaired) electrons. The highest BCUT2D eigenvalue weighted by atomic mass is 35.5. The molecule has 0 aromatic heterocycles. The van der Waals surface area contributed by atoms with Gasteiger partial charge in [-0.2, -0.15) is 0 Å². The first-order valence-electron chi connectivity index (χ1n) is 6.65. The van der Waals surface area contributed by atoms with Crippen molar-refractivity contribution in [3.63, 3.8) is 0 Å². The van der Waals surface area contributed by atoms with E-state index in [1.165, 1.54) is 25.9 Å². The molecule has 3 rings (SSSR count). The Morgan fingerprint density at radius 2 is 1.68 bits per heavy atom. The fourth-order valence-corrected chi connectivity index (χ4v) is 3.61. The molecule has 0 aliphatic carbocycles. The highest BCUT2D eigenvalue weighted by Gasteiger charge is 2.30. The lowest BCUT2D eigenvalue weighted by Crippen LogP contribution is -2.26. The molecule has 0 spiro atoms. The minimum atomic E-state index is 0. The Morgan fingerprint density at radius 1 is 1.05 bits per heavy atom. The third kappa shape index (κ3) is 3.13. The van der Waals surface area contributed by atoms with Crippen LogP contribution in [0.1, 0.15) is 12.8 Å². The van der Waals surface area contributed by atoms with Crippen LogP contribution in [-0.2, 0) is 0 Å². The van der Waals surface area contributed by atoms with E-state index in [2.05, 4.69) is 16.3 Å². The second-order valence-corrected chi connectivity index (χ2v) is 6.10. The molecule has 2 heterocycles. The summed E-state index contributed by atoms with van der Waals surface area (Å²) < 4.78 is 0. The Morgan fingerprint density at radius 3 is 2.32 bits per heavy atom. The summed E-state index contributed by atoms with van der Waals surface area (Å²) in [6.45, 7) is 4.54. The van der Waals surface area contributed by atoms with Gasteiger partial charge in [0, 0.05) is 13.1 Å². The molecule has 2 atom stereocenters. The predicted molar refractivity (Wildman–Crippen MR) is 85.0 cm³/mol. The van der Waals surface area contributed by atoms with Crippen molar-refractivity contribution in [2.75, 3.05) is 31.1 Å². The number of hydrogen-bond acceptors (Lipinski definition) is 2. The summed E-state index contributed by atoms with van der Waals surface area (Å²) in [7, 11) is 0. The zero-order valence-electron chi connectivity index (χ0n) is 10.7. The van der Waals surface area contributed by atoms with Crippen molar-refractivity contribution >= 4 is 41.3 Å². The predicted octanol–water partition coefficient (Wildman–Crippen LogP) is 3.85. The molecule has 2 nitrogen and oxygen atoms in total. The molecule has 19 heavy (non-hydrogen) atoms. The van der Waals surface area contributed by atoms with Crippen LogP contribution in [0.3, 0.4) is 0 Å². The van der Waals surface area contributed by atoms with Crippen molar-refractivity contribution in [3.05, 3.63) is 28.2 Å². The summed E-state index contributed by atoms with van der Waals surface area (Å²) in [6, 6.07) is 5.91. The number of hydrogen-bond donors (Lipinski definition) is 1. The van der Waals surface area contributed by atoms with E-state index in [1.807, 2.05) is 12.1 Å². The SMILES string of the molecule is Cl.Clc1cccc(N2CCC3CNCC3CC2)c1Cl. The number of rotatable bonds is 1. The van der Waals surface area contributed by atoms with Crippen LogP contribution in [0.25, 0.3) is 0 Å². The molecule has 2 saturated heterocycles. The van der Waals surface area contributed by atoms with E-state index < -0.39 is 0 Å². The van der Waals surface area contributed by atoms with Crippen LogP contribution in [0.15, 0.2) is 18.2 Å². The molecule has 106 valence electrons. The van der Waals surface area contributed by atoms with Gasteiger partial charge in [-0.05, 0) is 49.9 Å². The van der Waals surface area contributed by atoms with Gasteiger partial charge in [0.1, 0.15) is 0 Å². The van der Waals surface area contributed by atoms with Crippen molar-refractivity contribution in [1.29, 1.82) is 0 Å². The maximum atomic E-state index is 6.31. The van der Waals surface area contributed by atoms with E-state index in [0.29, 0.717) is 10.0 Å². The zero-order chi connectivity index (χ0) is 12.5. The topological polar surface area (TPSA) is 15.3 Å². The molecule has 0 amide bonds. The highest BCUT2D eigenvalue weighted by molar-refractivity contribution is 6.43. The third-order valence-electron chi connectivity index (χ3n) is 4.29. The Balaban J connectivity index is 0.00000133. The van der Waals surface area contributed by atoms with Gasteiger partial charge in [0.15, 0.2) is 0 Å². The molecular formula is C14H19Cl3N2. The first kappa shape index (κ1) is 15.2. The van der Waals surface area contributed by atoms with Crippen LogP contribution in [0.2, 0.25) is 10.0 Å². The van der Waals surface area contributed by atoms with E-state index in [1.54, 1.807) is 0 Å². The first-order chi connectivity index (χ1) is 8.75. The van der Waals surface area contributed by atoms with Crippen LogP contribution in [0, 0.1) is 11.8 Å². The van der Waals surface area contributed by atoms with E-state index in [9.17, 15) is 0 Å². The third-order valence-corrected chi connectivity index (χ3v) is 5.10. The molecule has 2 aliphatic heterocycles. The van der Waals surface area contributed by atoms with E-state index >= 15 is 0 Å². The number of benzene rings is 1. The largest absolute Gasteiger partial charge is 0.370 e. The second-order valence-electron chi connectivity index (χ2n) is 5.32. The lowest BCUT2D eigenvalue weighted by atomic mass is 9.92. The van der Waals surface area contributed by atoms with Crippen molar-refractivity contribution < 1.29 is 0 Å². The molecule has 0 saturated carbocycles. The Hall–Kier alpha value is -0.150. The van der Waals surface area contributed by atoms with Crippen molar-refractivity contribution in [2.45, 2.75) is 12.8 Å². The Labute approximate surface area is 130 Å². The van der Waals surface area contributed by atoms with Crippen molar-refractivity contribution in [1.82, 2.24) is 5.32 Å². The van der Waals surface area contributed by atoms with E-state index in [4.69, 9.17) is 23.2 Å². The molecular weight excluding hydrogens is 303 g/mol. The van der Waals surface area contributed by atoms with E-state index in [-0.39, 0.29) is 12.4 Å². The minimum absolute atomic E-state index is 0. The molecule has 5 heteroatoms.